The molecule has 0 aliphatic heterocycles. The molecule has 0 aromatic heterocycles. The molecule has 0 radical (unpaired) electrons. The van der Waals surface area contributed by atoms with Crippen molar-refractivity contribution in [2.45, 2.75) is 71.1 Å². The molecule has 1 aromatic rings. The van der Waals surface area contributed by atoms with Crippen molar-refractivity contribution < 1.29 is 5.11 Å². The number of halogens is 3. The van der Waals surface area contributed by atoms with E-state index in [0.717, 1.165) is 22.6 Å². The molecule has 0 aliphatic carbocycles. The Bertz CT molecular complexity index is 523. The highest BCUT2D eigenvalue weighted by Crippen LogP contribution is 2.39. The van der Waals surface area contributed by atoms with E-state index >= 15 is 0 Å². The maximum atomic E-state index is 9.31. The normalized spacial score (nSPS) is 12.0. The minimum Gasteiger partial charge on any atom is -0.392 e. The molecular weight excluding hydrogens is 407 g/mol. The lowest BCUT2D eigenvalue weighted by Gasteiger charge is -2.12. The lowest BCUT2D eigenvalue weighted by Crippen LogP contribution is -1.90. The van der Waals surface area contributed by atoms with Gasteiger partial charge in [-0.2, -0.15) is 0 Å². The first-order valence-corrected chi connectivity index (χ1v) is 11.8. The minimum atomic E-state index is -0.0321. The zero-order valence-electron chi connectivity index (χ0n) is 15.7. The molecule has 0 spiro atoms. The number of rotatable bonds is 14. The molecule has 0 saturated carbocycles. The van der Waals surface area contributed by atoms with Gasteiger partial charge in [-0.1, -0.05) is 99.5 Å². The van der Waals surface area contributed by atoms with E-state index in [0.29, 0.717) is 15.1 Å². The molecule has 0 unspecified atom stereocenters. The van der Waals surface area contributed by atoms with Crippen LogP contribution >= 0.6 is 46.6 Å². The Hall–Kier alpha value is 0.140. The van der Waals surface area contributed by atoms with Gasteiger partial charge < -0.3 is 5.11 Å². The summed E-state index contributed by atoms with van der Waals surface area (Å²) in [5.74, 6) is 0.998. The minimum absolute atomic E-state index is 0.0321. The molecule has 1 nitrogen and oxygen atoms in total. The Balaban J connectivity index is 2.29. The van der Waals surface area contributed by atoms with Crippen LogP contribution in [-0.2, 0) is 0 Å². The van der Waals surface area contributed by atoms with Gasteiger partial charge in [-0.25, -0.2) is 0 Å². The molecule has 1 aromatic carbocycles. The SMILES string of the molecule is CCCCCCCCCCCCSC(=CCO)c1c(Cl)cc(Cl)cc1Cl. The van der Waals surface area contributed by atoms with Crippen molar-refractivity contribution in [3.05, 3.63) is 38.8 Å². The van der Waals surface area contributed by atoms with Crippen molar-refractivity contribution in [2.75, 3.05) is 12.4 Å². The summed E-state index contributed by atoms with van der Waals surface area (Å²) in [6.07, 6.45) is 15.0. The van der Waals surface area contributed by atoms with E-state index in [-0.39, 0.29) is 6.61 Å². The molecule has 0 aliphatic rings. The second kappa shape index (κ2) is 15.1. The van der Waals surface area contributed by atoms with Crippen molar-refractivity contribution >= 4 is 51.5 Å². The van der Waals surface area contributed by atoms with Gasteiger partial charge in [-0.15, -0.1) is 11.8 Å². The summed E-state index contributed by atoms with van der Waals surface area (Å²) in [6.45, 7) is 2.23. The van der Waals surface area contributed by atoms with Gasteiger partial charge in [0.1, 0.15) is 0 Å². The summed E-state index contributed by atoms with van der Waals surface area (Å²) in [5.41, 5.74) is 0.767. The van der Waals surface area contributed by atoms with E-state index < -0.39 is 0 Å². The third-order valence-corrected chi connectivity index (χ3v) is 6.27. The molecule has 5 heteroatoms. The fourth-order valence-electron chi connectivity index (χ4n) is 2.87. The van der Waals surface area contributed by atoms with E-state index in [4.69, 9.17) is 34.8 Å². The molecule has 0 fully saturated rings. The van der Waals surface area contributed by atoms with Crippen molar-refractivity contribution in [3.8, 4) is 0 Å². The molecule has 0 saturated heterocycles. The Kier molecular flexibility index (Phi) is 14.0. The molecule has 148 valence electrons. The summed E-state index contributed by atoms with van der Waals surface area (Å²) in [5, 5.41) is 10.9. The molecule has 0 heterocycles. The first-order chi connectivity index (χ1) is 12.6. The number of thioether (sulfide) groups is 1. The number of hydrogen-bond donors (Lipinski definition) is 1. The predicted octanol–water partition coefficient (Wildman–Crippen LogP) is 8.63. The van der Waals surface area contributed by atoms with Crippen LogP contribution in [0.25, 0.3) is 4.91 Å². The van der Waals surface area contributed by atoms with Gasteiger partial charge in [0.05, 0.1) is 16.7 Å². The maximum Gasteiger partial charge on any atom is 0.0626 e. The van der Waals surface area contributed by atoms with Crippen LogP contribution in [-0.4, -0.2) is 17.5 Å². The van der Waals surface area contributed by atoms with E-state index in [1.54, 1.807) is 30.0 Å². The Labute approximate surface area is 178 Å². The van der Waals surface area contributed by atoms with E-state index in [1.807, 2.05) is 0 Å². The fourth-order valence-corrected chi connectivity index (χ4v) is 5.12. The van der Waals surface area contributed by atoms with E-state index in [1.165, 1.54) is 57.8 Å². The first kappa shape index (κ1) is 24.2. The fraction of sp³-hybridized carbons (Fsp3) is 0.619. The third kappa shape index (κ3) is 9.90. The second-order valence-corrected chi connectivity index (χ2v) is 8.91. The highest BCUT2D eigenvalue weighted by atomic mass is 35.5. The quantitative estimate of drug-likeness (QED) is 0.294. The topological polar surface area (TPSA) is 20.2 Å². The summed E-state index contributed by atoms with van der Waals surface area (Å²) in [4.78, 5) is 0.926. The zero-order valence-corrected chi connectivity index (χ0v) is 18.8. The van der Waals surface area contributed by atoms with E-state index in [2.05, 4.69) is 6.92 Å². The van der Waals surface area contributed by atoms with Crippen LogP contribution in [0.15, 0.2) is 18.2 Å². The molecule has 1 N–H and O–H groups in total. The van der Waals surface area contributed by atoms with E-state index in [9.17, 15) is 5.11 Å². The zero-order chi connectivity index (χ0) is 19.2. The molecule has 26 heavy (non-hydrogen) atoms. The van der Waals surface area contributed by atoms with Crippen LogP contribution < -0.4 is 0 Å². The van der Waals surface area contributed by atoms with Gasteiger partial charge in [0.15, 0.2) is 0 Å². The predicted molar refractivity (Wildman–Crippen MR) is 121 cm³/mol. The smallest absolute Gasteiger partial charge is 0.0626 e. The van der Waals surface area contributed by atoms with Gasteiger partial charge in [0, 0.05) is 15.5 Å². The first-order valence-electron chi connectivity index (χ1n) is 9.68. The van der Waals surface area contributed by atoms with Crippen LogP contribution in [0.2, 0.25) is 15.1 Å². The number of aliphatic hydroxyl groups excluding tert-OH is 1. The Morgan fingerprint density at radius 3 is 1.88 bits per heavy atom. The number of aliphatic hydroxyl groups is 1. The van der Waals surface area contributed by atoms with Crippen LogP contribution in [0.3, 0.4) is 0 Å². The summed E-state index contributed by atoms with van der Waals surface area (Å²) in [6, 6.07) is 3.38. The molecule has 0 bridgehead atoms. The van der Waals surface area contributed by atoms with Gasteiger partial charge in [-0.3, -0.25) is 0 Å². The Morgan fingerprint density at radius 2 is 1.38 bits per heavy atom. The van der Waals surface area contributed by atoms with Crippen molar-refractivity contribution in [1.82, 2.24) is 0 Å². The standard InChI is InChI=1S/C21H31Cl3OS/c1-2-3-4-5-6-7-8-9-10-11-14-26-20(12-13-25)21-18(23)15-17(22)16-19(21)24/h12,15-16,25H,2-11,13-14H2,1H3. The lowest BCUT2D eigenvalue weighted by atomic mass is 10.1. The monoisotopic (exact) mass is 436 g/mol. The highest BCUT2D eigenvalue weighted by Gasteiger charge is 2.13. The van der Waals surface area contributed by atoms with Gasteiger partial charge in [0.25, 0.3) is 0 Å². The van der Waals surface area contributed by atoms with Crippen LogP contribution in [0.5, 0.6) is 0 Å². The number of benzene rings is 1. The van der Waals surface area contributed by atoms with Crippen molar-refractivity contribution in [1.29, 1.82) is 0 Å². The number of hydrogen-bond acceptors (Lipinski definition) is 2. The molecule has 0 atom stereocenters. The van der Waals surface area contributed by atoms with Gasteiger partial charge in [-0.05, 0) is 30.4 Å². The van der Waals surface area contributed by atoms with Gasteiger partial charge in [0.2, 0.25) is 0 Å². The van der Waals surface area contributed by atoms with Crippen LogP contribution in [0.1, 0.15) is 76.7 Å². The lowest BCUT2D eigenvalue weighted by molar-refractivity contribution is 0.343. The molecule has 0 amide bonds. The number of unbranched alkanes of at least 4 members (excludes halogenated alkanes) is 9. The van der Waals surface area contributed by atoms with Crippen LogP contribution in [0.4, 0.5) is 0 Å². The van der Waals surface area contributed by atoms with Gasteiger partial charge >= 0.3 is 0 Å². The second-order valence-electron chi connectivity index (χ2n) is 6.53. The van der Waals surface area contributed by atoms with Crippen molar-refractivity contribution in [3.63, 3.8) is 0 Å². The third-order valence-electron chi connectivity index (χ3n) is 4.29. The summed E-state index contributed by atoms with van der Waals surface area (Å²) in [7, 11) is 0. The average Bonchev–Trinajstić information content (AvgIpc) is 2.58. The summed E-state index contributed by atoms with van der Waals surface area (Å²) < 4.78 is 0. The molecule has 1 rings (SSSR count). The average molecular weight is 438 g/mol. The van der Waals surface area contributed by atoms with Crippen molar-refractivity contribution in [2.24, 2.45) is 0 Å². The maximum absolute atomic E-state index is 9.31. The summed E-state index contributed by atoms with van der Waals surface area (Å²) >= 11 is 20.3. The van der Waals surface area contributed by atoms with Crippen LogP contribution in [0, 0.1) is 0 Å². The highest BCUT2D eigenvalue weighted by molar-refractivity contribution is 8.08. The molecular formula is C21H31Cl3OS. The largest absolute Gasteiger partial charge is 0.392 e. The Morgan fingerprint density at radius 1 is 0.885 bits per heavy atom.